The topological polar surface area (TPSA) is 83.4 Å². The summed E-state index contributed by atoms with van der Waals surface area (Å²) >= 11 is 0. The van der Waals surface area contributed by atoms with E-state index < -0.39 is 0 Å². The van der Waals surface area contributed by atoms with Crippen molar-refractivity contribution in [1.29, 1.82) is 0 Å². The Labute approximate surface area is 159 Å². The zero-order chi connectivity index (χ0) is 19.2. The Morgan fingerprint density at radius 3 is 2.67 bits per heavy atom. The van der Waals surface area contributed by atoms with E-state index in [0.717, 1.165) is 37.2 Å². The van der Waals surface area contributed by atoms with Crippen LogP contribution in [0.25, 0.3) is 0 Å². The van der Waals surface area contributed by atoms with Gasteiger partial charge in [0.1, 0.15) is 0 Å². The summed E-state index contributed by atoms with van der Waals surface area (Å²) in [5.74, 6) is 0.986. The zero-order valence-corrected chi connectivity index (χ0v) is 15.9. The highest BCUT2D eigenvalue weighted by Crippen LogP contribution is 2.25. The fourth-order valence-corrected chi connectivity index (χ4v) is 3.56. The van der Waals surface area contributed by atoms with Gasteiger partial charge in [0, 0.05) is 17.8 Å². The number of carbonyl (C=O) groups excluding carboxylic acids is 2. The molecule has 1 aromatic carbocycles. The molecular weight excluding hydrogens is 342 g/mol. The van der Waals surface area contributed by atoms with Gasteiger partial charge in [-0.3, -0.25) is 9.59 Å². The second kappa shape index (κ2) is 8.86. The molecule has 3 rings (SSSR count). The summed E-state index contributed by atoms with van der Waals surface area (Å²) in [6, 6.07) is 8.75. The Bertz CT molecular complexity index is 780. The first-order valence-electron chi connectivity index (χ1n) is 9.49. The van der Waals surface area contributed by atoms with Gasteiger partial charge in [-0.2, -0.15) is 0 Å². The molecule has 144 valence electrons. The van der Waals surface area contributed by atoms with Crippen LogP contribution in [0.4, 0.5) is 11.4 Å². The maximum atomic E-state index is 12.4. The summed E-state index contributed by atoms with van der Waals surface area (Å²) in [7, 11) is 0. The van der Waals surface area contributed by atoms with E-state index in [1.807, 2.05) is 13.0 Å². The highest BCUT2D eigenvalue weighted by Gasteiger charge is 2.22. The van der Waals surface area contributed by atoms with Gasteiger partial charge in [0.25, 0.3) is 5.91 Å². The van der Waals surface area contributed by atoms with Crippen LogP contribution in [-0.2, 0) is 4.79 Å². The van der Waals surface area contributed by atoms with Crippen molar-refractivity contribution >= 4 is 23.2 Å². The molecule has 0 radical (unpaired) electrons. The lowest BCUT2D eigenvalue weighted by molar-refractivity contribution is -0.117. The van der Waals surface area contributed by atoms with E-state index in [4.69, 9.17) is 4.42 Å². The van der Waals surface area contributed by atoms with Crippen molar-refractivity contribution < 1.29 is 14.0 Å². The maximum absolute atomic E-state index is 12.4. The molecule has 1 aromatic heterocycles. The van der Waals surface area contributed by atoms with Crippen LogP contribution >= 0.6 is 0 Å². The molecule has 0 bridgehead atoms. The molecule has 0 spiro atoms. The molecule has 0 aliphatic carbocycles. The first-order chi connectivity index (χ1) is 13.0. The molecular formula is C21H27N3O3. The molecule has 1 aliphatic heterocycles. The third-order valence-electron chi connectivity index (χ3n) is 5.20. The summed E-state index contributed by atoms with van der Waals surface area (Å²) in [6.45, 7) is 6.14. The number of rotatable bonds is 6. The minimum Gasteiger partial charge on any atom is -0.459 e. The van der Waals surface area contributed by atoms with Gasteiger partial charge in [-0.1, -0.05) is 6.92 Å². The molecule has 0 saturated carbocycles. The first-order valence-corrected chi connectivity index (χ1v) is 9.49. The highest BCUT2D eigenvalue weighted by molar-refractivity contribution is 6.02. The summed E-state index contributed by atoms with van der Waals surface area (Å²) in [6.07, 6.45) is 4.27. The van der Waals surface area contributed by atoms with E-state index >= 15 is 0 Å². The molecule has 2 amide bonds. The normalized spacial score (nSPS) is 15.9. The molecule has 3 N–H and O–H groups in total. The van der Waals surface area contributed by atoms with Gasteiger partial charge >= 0.3 is 0 Å². The summed E-state index contributed by atoms with van der Waals surface area (Å²) in [4.78, 5) is 24.5. The molecule has 1 aliphatic rings. The Morgan fingerprint density at radius 1 is 1.22 bits per heavy atom. The molecule has 1 atom stereocenters. The maximum Gasteiger partial charge on any atom is 0.291 e. The predicted molar refractivity (Wildman–Crippen MR) is 106 cm³/mol. The lowest BCUT2D eigenvalue weighted by Crippen LogP contribution is -2.32. The quantitative estimate of drug-likeness (QED) is 0.723. The fourth-order valence-electron chi connectivity index (χ4n) is 3.56. The minimum atomic E-state index is -0.296. The van der Waals surface area contributed by atoms with Gasteiger partial charge in [-0.05, 0) is 80.6 Å². The lowest BCUT2D eigenvalue weighted by atomic mass is 9.84. The highest BCUT2D eigenvalue weighted by atomic mass is 16.3. The van der Waals surface area contributed by atoms with Crippen LogP contribution in [0, 0.1) is 18.8 Å². The molecule has 1 saturated heterocycles. The minimum absolute atomic E-state index is 0.0350. The molecule has 6 nitrogen and oxygen atoms in total. The van der Waals surface area contributed by atoms with Gasteiger partial charge in [-0.25, -0.2) is 0 Å². The number of hydrogen-bond acceptors (Lipinski definition) is 4. The van der Waals surface area contributed by atoms with E-state index in [0.29, 0.717) is 23.9 Å². The third-order valence-corrected chi connectivity index (χ3v) is 5.20. The standard InChI is InChI=1S/C21H27N3O3/c1-14(16-7-9-22-10-8-16)13-20(25)23-17-5-6-18(15(2)12-17)24-21(26)19-4-3-11-27-19/h3-6,11-12,14,16,22H,7-10,13H2,1-2H3,(H,23,25)(H,24,26). The van der Waals surface area contributed by atoms with Gasteiger partial charge in [0.05, 0.1) is 6.26 Å². The van der Waals surface area contributed by atoms with Crippen LogP contribution in [0.1, 0.15) is 42.3 Å². The fraction of sp³-hybridized carbons (Fsp3) is 0.429. The molecule has 27 heavy (non-hydrogen) atoms. The van der Waals surface area contributed by atoms with Crippen LogP contribution in [-0.4, -0.2) is 24.9 Å². The number of hydrogen-bond donors (Lipinski definition) is 3. The van der Waals surface area contributed by atoms with Crippen LogP contribution in [0.15, 0.2) is 41.0 Å². The number of aryl methyl sites for hydroxylation is 1. The third kappa shape index (κ3) is 5.20. The van der Waals surface area contributed by atoms with E-state index in [2.05, 4.69) is 22.9 Å². The second-order valence-electron chi connectivity index (χ2n) is 7.28. The number of benzene rings is 1. The number of carbonyl (C=O) groups is 2. The van der Waals surface area contributed by atoms with Gasteiger partial charge < -0.3 is 20.4 Å². The van der Waals surface area contributed by atoms with Crippen LogP contribution in [0.5, 0.6) is 0 Å². The van der Waals surface area contributed by atoms with Crippen molar-refractivity contribution in [2.45, 2.75) is 33.1 Å². The van der Waals surface area contributed by atoms with Crippen molar-refractivity contribution in [2.24, 2.45) is 11.8 Å². The van der Waals surface area contributed by atoms with Crippen molar-refractivity contribution in [2.75, 3.05) is 23.7 Å². The first kappa shape index (κ1) is 19.2. The van der Waals surface area contributed by atoms with E-state index in [-0.39, 0.29) is 17.6 Å². The number of anilines is 2. The van der Waals surface area contributed by atoms with Crippen LogP contribution in [0.2, 0.25) is 0 Å². The Kier molecular flexibility index (Phi) is 6.29. The van der Waals surface area contributed by atoms with Crippen molar-refractivity contribution in [3.05, 3.63) is 47.9 Å². The monoisotopic (exact) mass is 369 g/mol. The molecule has 2 aromatic rings. The second-order valence-corrected chi connectivity index (χ2v) is 7.28. The average Bonchev–Trinajstić information content (AvgIpc) is 3.19. The van der Waals surface area contributed by atoms with Crippen molar-refractivity contribution in [3.8, 4) is 0 Å². The average molecular weight is 369 g/mol. The Hall–Kier alpha value is -2.60. The smallest absolute Gasteiger partial charge is 0.291 e. The largest absolute Gasteiger partial charge is 0.459 e. The number of amides is 2. The van der Waals surface area contributed by atoms with Crippen LogP contribution < -0.4 is 16.0 Å². The zero-order valence-electron chi connectivity index (χ0n) is 15.9. The number of nitrogens with one attached hydrogen (secondary N) is 3. The molecule has 1 fully saturated rings. The van der Waals surface area contributed by atoms with E-state index in [1.165, 1.54) is 6.26 Å². The predicted octanol–water partition coefficient (Wildman–Crippen LogP) is 3.80. The number of piperidine rings is 1. The summed E-state index contributed by atoms with van der Waals surface area (Å²) in [5, 5.41) is 9.15. The summed E-state index contributed by atoms with van der Waals surface area (Å²) < 4.78 is 5.10. The number of furan rings is 1. The van der Waals surface area contributed by atoms with Gasteiger partial charge in [-0.15, -0.1) is 0 Å². The van der Waals surface area contributed by atoms with Crippen LogP contribution in [0.3, 0.4) is 0 Å². The SMILES string of the molecule is Cc1cc(NC(=O)CC(C)C2CCNCC2)ccc1NC(=O)c1ccco1. The Balaban J connectivity index is 1.55. The summed E-state index contributed by atoms with van der Waals surface area (Å²) in [5.41, 5.74) is 2.31. The van der Waals surface area contributed by atoms with Crippen molar-refractivity contribution in [3.63, 3.8) is 0 Å². The molecule has 2 heterocycles. The molecule has 1 unspecified atom stereocenters. The van der Waals surface area contributed by atoms with E-state index in [1.54, 1.807) is 24.3 Å². The van der Waals surface area contributed by atoms with E-state index in [9.17, 15) is 9.59 Å². The van der Waals surface area contributed by atoms with Crippen molar-refractivity contribution in [1.82, 2.24) is 5.32 Å². The lowest BCUT2D eigenvalue weighted by Gasteiger charge is -2.27. The Morgan fingerprint density at radius 2 is 2.00 bits per heavy atom. The van der Waals surface area contributed by atoms with Gasteiger partial charge in [0.2, 0.25) is 5.91 Å². The van der Waals surface area contributed by atoms with Gasteiger partial charge in [0.15, 0.2) is 5.76 Å². The molecule has 6 heteroatoms.